The first-order valence-electron chi connectivity index (χ1n) is 8.62. The molecule has 5 nitrogen and oxygen atoms in total. The zero-order chi connectivity index (χ0) is 18.9. The molecule has 26 heavy (non-hydrogen) atoms. The fraction of sp³-hybridized carbons (Fsp3) is 0.286. The first-order valence-corrected chi connectivity index (χ1v) is 8.62. The number of anilines is 1. The van der Waals surface area contributed by atoms with Crippen LogP contribution in [0.3, 0.4) is 0 Å². The predicted molar refractivity (Wildman–Crippen MR) is 103 cm³/mol. The number of aryl methyl sites for hydroxylation is 2. The summed E-state index contributed by atoms with van der Waals surface area (Å²) in [4.78, 5) is 31.4. The third-order valence-corrected chi connectivity index (χ3v) is 4.63. The molecule has 0 spiro atoms. The van der Waals surface area contributed by atoms with Crippen LogP contribution in [0.15, 0.2) is 53.5 Å². The van der Waals surface area contributed by atoms with Crippen LogP contribution in [-0.4, -0.2) is 34.6 Å². The maximum atomic E-state index is 12.8. The van der Waals surface area contributed by atoms with Crippen LogP contribution in [0.4, 0.5) is 5.69 Å². The van der Waals surface area contributed by atoms with Gasteiger partial charge >= 0.3 is 0 Å². The number of carbonyl (C=O) groups excluding carboxylic acids is 2. The highest BCUT2D eigenvalue weighted by molar-refractivity contribution is 6.47. The van der Waals surface area contributed by atoms with Gasteiger partial charge in [0.2, 0.25) is 5.91 Å². The number of carbonyl (C=O) groups is 2. The zero-order valence-electron chi connectivity index (χ0n) is 15.5. The summed E-state index contributed by atoms with van der Waals surface area (Å²) in [6, 6.07) is 15.1. The van der Waals surface area contributed by atoms with Gasteiger partial charge in [0.1, 0.15) is 17.9 Å². The summed E-state index contributed by atoms with van der Waals surface area (Å²) in [7, 11) is 0. The smallest absolute Gasteiger partial charge is 0.275 e. The van der Waals surface area contributed by atoms with E-state index in [1.807, 2.05) is 76.2 Å². The van der Waals surface area contributed by atoms with Crippen molar-refractivity contribution in [2.75, 3.05) is 11.9 Å². The Morgan fingerprint density at radius 3 is 2.42 bits per heavy atom. The van der Waals surface area contributed by atoms with Gasteiger partial charge in [0.25, 0.3) is 5.91 Å². The van der Waals surface area contributed by atoms with Crippen molar-refractivity contribution >= 4 is 23.2 Å². The van der Waals surface area contributed by atoms with Gasteiger partial charge in [0.15, 0.2) is 0 Å². The van der Waals surface area contributed by atoms with Gasteiger partial charge < -0.3 is 10.2 Å². The Balaban J connectivity index is 1.74. The molecule has 3 rings (SSSR count). The molecule has 0 saturated heterocycles. The number of nitrogens with one attached hydrogen (secondary N) is 1. The van der Waals surface area contributed by atoms with Gasteiger partial charge in [-0.05, 0) is 51.0 Å². The second kappa shape index (κ2) is 6.75. The normalized spacial score (nSPS) is 15.8. The Morgan fingerprint density at radius 2 is 1.77 bits per heavy atom. The highest BCUT2D eigenvalue weighted by Crippen LogP contribution is 2.26. The van der Waals surface area contributed by atoms with Gasteiger partial charge in [0, 0.05) is 11.3 Å². The van der Waals surface area contributed by atoms with E-state index in [2.05, 4.69) is 10.3 Å². The molecule has 0 unspecified atom stereocenters. The third-order valence-electron chi connectivity index (χ3n) is 4.63. The Kier molecular flexibility index (Phi) is 4.64. The van der Waals surface area contributed by atoms with Crippen molar-refractivity contribution < 1.29 is 9.59 Å². The molecule has 1 aliphatic heterocycles. The summed E-state index contributed by atoms with van der Waals surface area (Å²) >= 11 is 0. The first-order chi connectivity index (χ1) is 12.3. The molecule has 2 amide bonds. The highest BCUT2D eigenvalue weighted by Gasteiger charge is 2.41. The molecule has 1 N–H and O–H groups in total. The summed E-state index contributed by atoms with van der Waals surface area (Å²) in [5.41, 5.74) is 3.40. The lowest BCUT2D eigenvalue weighted by molar-refractivity contribution is -0.131. The zero-order valence-corrected chi connectivity index (χ0v) is 15.5. The van der Waals surface area contributed by atoms with Crippen LogP contribution in [0.2, 0.25) is 0 Å². The van der Waals surface area contributed by atoms with Crippen molar-refractivity contribution in [1.29, 1.82) is 0 Å². The molecule has 1 aliphatic rings. The molecule has 0 aliphatic carbocycles. The Hall–Kier alpha value is -2.95. The van der Waals surface area contributed by atoms with Gasteiger partial charge in [-0.2, -0.15) is 0 Å². The van der Waals surface area contributed by atoms with Crippen molar-refractivity contribution in [1.82, 2.24) is 4.90 Å². The third kappa shape index (κ3) is 3.52. The maximum Gasteiger partial charge on any atom is 0.275 e. The van der Waals surface area contributed by atoms with Crippen molar-refractivity contribution in [3.05, 3.63) is 65.2 Å². The Labute approximate surface area is 153 Å². The van der Waals surface area contributed by atoms with E-state index >= 15 is 0 Å². The summed E-state index contributed by atoms with van der Waals surface area (Å²) in [6.45, 7) is 7.65. The SMILES string of the molecule is Cc1ccc(NC(=O)CN2C(=O)C(c3ccccc3)=NC2(C)C)cc1C. The van der Waals surface area contributed by atoms with E-state index in [1.165, 1.54) is 10.5 Å². The van der Waals surface area contributed by atoms with Crippen LogP contribution in [0, 0.1) is 13.8 Å². The molecule has 0 saturated carbocycles. The largest absolute Gasteiger partial charge is 0.325 e. The standard InChI is InChI=1S/C21H23N3O2/c1-14-10-11-17(12-15(14)2)22-18(25)13-24-20(26)19(23-21(24,3)4)16-8-6-5-7-9-16/h5-12H,13H2,1-4H3,(H,22,25). The molecule has 5 heteroatoms. The van der Waals surface area contributed by atoms with Crippen molar-refractivity contribution in [2.24, 2.45) is 4.99 Å². The van der Waals surface area contributed by atoms with Gasteiger partial charge in [-0.3, -0.25) is 14.6 Å². The maximum absolute atomic E-state index is 12.8. The molecule has 134 valence electrons. The van der Waals surface area contributed by atoms with E-state index in [0.717, 1.165) is 16.8 Å². The fourth-order valence-electron chi connectivity index (χ4n) is 2.97. The van der Waals surface area contributed by atoms with E-state index in [-0.39, 0.29) is 18.4 Å². The molecule has 1 heterocycles. The van der Waals surface area contributed by atoms with Crippen molar-refractivity contribution in [3.8, 4) is 0 Å². The lowest BCUT2D eigenvalue weighted by atomic mass is 10.1. The molecule has 0 bridgehead atoms. The van der Waals surface area contributed by atoms with Crippen molar-refractivity contribution in [2.45, 2.75) is 33.4 Å². The molecular formula is C21H23N3O2. The molecule has 0 radical (unpaired) electrons. The van der Waals surface area contributed by atoms with Gasteiger partial charge in [-0.1, -0.05) is 36.4 Å². The van der Waals surface area contributed by atoms with Crippen LogP contribution in [0.25, 0.3) is 0 Å². The summed E-state index contributed by atoms with van der Waals surface area (Å²) in [5, 5.41) is 2.87. The van der Waals surface area contributed by atoms with Crippen LogP contribution in [0.1, 0.15) is 30.5 Å². The minimum absolute atomic E-state index is 0.0431. The predicted octanol–water partition coefficient (Wildman–Crippen LogP) is 3.31. The molecule has 0 aromatic heterocycles. The summed E-state index contributed by atoms with van der Waals surface area (Å²) in [6.07, 6.45) is 0. The van der Waals surface area contributed by atoms with Crippen LogP contribution in [-0.2, 0) is 9.59 Å². The summed E-state index contributed by atoms with van der Waals surface area (Å²) in [5.74, 6) is -0.462. The quantitative estimate of drug-likeness (QED) is 0.920. The minimum Gasteiger partial charge on any atom is -0.325 e. The lowest BCUT2D eigenvalue weighted by Crippen LogP contribution is -2.46. The van der Waals surface area contributed by atoms with Gasteiger partial charge in [0.05, 0.1) is 0 Å². The number of aliphatic imine (C=N–C) groups is 1. The van der Waals surface area contributed by atoms with Gasteiger partial charge in [-0.15, -0.1) is 0 Å². The number of rotatable bonds is 4. The lowest BCUT2D eigenvalue weighted by Gasteiger charge is -2.28. The van der Waals surface area contributed by atoms with Gasteiger partial charge in [-0.25, -0.2) is 0 Å². The molecule has 0 fully saturated rings. The second-order valence-corrected chi connectivity index (χ2v) is 7.06. The number of benzene rings is 2. The summed E-state index contributed by atoms with van der Waals surface area (Å²) < 4.78 is 0. The van der Waals surface area contributed by atoms with E-state index in [4.69, 9.17) is 0 Å². The topological polar surface area (TPSA) is 61.8 Å². The van der Waals surface area contributed by atoms with Crippen molar-refractivity contribution in [3.63, 3.8) is 0 Å². The fourth-order valence-corrected chi connectivity index (χ4v) is 2.97. The minimum atomic E-state index is -0.761. The van der Waals surface area contributed by atoms with E-state index in [0.29, 0.717) is 5.71 Å². The molecule has 2 aromatic carbocycles. The number of amides is 2. The van der Waals surface area contributed by atoms with Crippen LogP contribution >= 0.6 is 0 Å². The second-order valence-electron chi connectivity index (χ2n) is 7.06. The number of nitrogens with zero attached hydrogens (tertiary/aromatic N) is 2. The van der Waals surface area contributed by atoms with Crippen LogP contribution < -0.4 is 5.32 Å². The molecule has 0 atom stereocenters. The Bertz CT molecular complexity index is 885. The number of hydrogen-bond acceptors (Lipinski definition) is 3. The van der Waals surface area contributed by atoms with E-state index in [1.54, 1.807) is 0 Å². The Morgan fingerprint density at radius 1 is 1.08 bits per heavy atom. The highest BCUT2D eigenvalue weighted by atomic mass is 16.2. The van der Waals surface area contributed by atoms with Crippen LogP contribution in [0.5, 0.6) is 0 Å². The first kappa shape index (κ1) is 17.9. The number of hydrogen-bond donors (Lipinski definition) is 1. The van der Waals surface area contributed by atoms with E-state index < -0.39 is 5.66 Å². The molecule has 2 aromatic rings. The average Bonchev–Trinajstić information content (AvgIpc) is 2.82. The molecular weight excluding hydrogens is 326 g/mol. The average molecular weight is 349 g/mol. The monoisotopic (exact) mass is 349 g/mol. The van der Waals surface area contributed by atoms with E-state index in [9.17, 15) is 9.59 Å².